The van der Waals surface area contributed by atoms with Gasteiger partial charge < -0.3 is 18.7 Å². The molecule has 3 saturated carbocycles. The van der Waals surface area contributed by atoms with Gasteiger partial charge in [0.2, 0.25) is 0 Å². The molecule has 1 N–H and O–H groups in total. The predicted molar refractivity (Wildman–Crippen MR) is 170 cm³/mol. The molecule has 5 unspecified atom stereocenters. The van der Waals surface area contributed by atoms with Crippen molar-refractivity contribution < 1.29 is 46.0 Å². The second-order valence-corrected chi connectivity index (χ2v) is 16.7. The summed E-state index contributed by atoms with van der Waals surface area (Å²) in [5, 5.41) is -1.99. The molecule has 11 heteroatoms. The summed E-state index contributed by atoms with van der Waals surface area (Å²) < 4.78 is 52.4. The van der Waals surface area contributed by atoms with Crippen LogP contribution >= 0.6 is 0 Å². The summed E-state index contributed by atoms with van der Waals surface area (Å²) in [5.41, 5.74) is -0.482. The maximum Gasteiger partial charge on any atom is 0.327 e. The first-order valence-corrected chi connectivity index (χ1v) is 19.2. The van der Waals surface area contributed by atoms with Crippen molar-refractivity contribution in [2.24, 2.45) is 17.8 Å². The molecule has 0 aromatic carbocycles. The molecule has 10 nitrogen and oxygen atoms in total. The molecule has 4 rings (SSSR count). The molecular formula is C34H58NO9S+. The Labute approximate surface area is 270 Å². The Kier molecular flexibility index (Phi) is 12.8. The minimum absolute atomic E-state index is 0.0950. The van der Waals surface area contributed by atoms with E-state index in [4.69, 9.17) is 14.2 Å². The van der Waals surface area contributed by atoms with Crippen LogP contribution in [0, 0.1) is 17.8 Å². The number of hydrogen-bond acceptors (Lipinski definition) is 8. The monoisotopic (exact) mass is 656 g/mol. The van der Waals surface area contributed by atoms with Crippen LogP contribution in [0.1, 0.15) is 129 Å². The van der Waals surface area contributed by atoms with Gasteiger partial charge in [0.25, 0.3) is 10.1 Å². The number of esters is 3. The zero-order valence-corrected chi connectivity index (χ0v) is 28.7. The second kappa shape index (κ2) is 15.9. The number of piperidine rings is 1. The van der Waals surface area contributed by atoms with Gasteiger partial charge in [-0.25, -0.2) is 0 Å². The number of carbonyl (C=O) groups excluding carboxylic acids is 3. The van der Waals surface area contributed by atoms with E-state index in [9.17, 15) is 27.4 Å². The van der Waals surface area contributed by atoms with E-state index in [0.717, 1.165) is 88.3 Å². The van der Waals surface area contributed by atoms with Gasteiger partial charge in [-0.2, -0.15) is 8.42 Å². The lowest BCUT2D eigenvalue weighted by atomic mass is 9.75. The molecule has 1 heterocycles. The van der Waals surface area contributed by atoms with Crippen LogP contribution in [0.3, 0.4) is 0 Å². The molecule has 0 bridgehead atoms. The van der Waals surface area contributed by atoms with Crippen molar-refractivity contribution in [1.29, 1.82) is 0 Å². The standard InChI is InChI=1S/C34H57NO9S/c1-25(24-35(3)19-10-5-11-20-35)32(37)44-34(17-8-9-18-34)26(2)21-27-13-12-16-29(22-27)43-33(38)30(45(39,40)41)23-31(36)42-28-14-6-4-7-15-28/h25-30H,4-24H2,1-3H3/p+1. The minimum atomic E-state index is -4.86. The summed E-state index contributed by atoms with van der Waals surface area (Å²) >= 11 is 0. The van der Waals surface area contributed by atoms with Crippen LogP contribution in [0.2, 0.25) is 0 Å². The highest BCUT2D eigenvalue weighted by molar-refractivity contribution is 7.87. The van der Waals surface area contributed by atoms with Crippen LogP contribution in [-0.2, 0) is 38.7 Å². The number of likely N-dealkylation sites (tertiary alicyclic amines) is 1. The maximum absolute atomic E-state index is 13.4. The van der Waals surface area contributed by atoms with Gasteiger partial charge in [-0.3, -0.25) is 18.9 Å². The number of quaternary nitrogens is 1. The molecule has 258 valence electrons. The van der Waals surface area contributed by atoms with E-state index in [0.29, 0.717) is 25.7 Å². The Morgan fingerprint density at radius 3 is 2.09 bits per heavy atom. The fourth-order valence-corrected chi connectivity index (χ4v) is 9.21. The van der Waals surface area contributed by atoms with Crippen molar-refractivity contribution in [3.8, 4) is 0 Å². The lowest BCUT2D eigenvalue weighted by Gasteiger charge is -2.41. The number of ether oxygens (including phenoxy) is 3. The topological polar surface area (TPSA) is 133 Å². The van der Waals surface area contributed by atoms with Gasteiger partial charge in [0.15, 0.2) is 5.25 Å². The van der Waals surface area contributed by atoms with Crippen molar-refractivity contribution in [3.63, 3.8) is 0 Å². The van der Waals surface area contributed by atoms with E-state index in [1.54, 1.807) is 0 Å². The van der Waals surface area contributed by atoms with Gasteiger partial charge >= 0.3 is 17.9 Å². The molecule has 4 fully saturated rings. The molecule has 4 aliphatic rings. The first-order valence-electron chi connectivity index (χ1n) is 17.7. The van der Waals surface area contributed by atoms with Crippen LogP contribution in [-0.4, -0.2) is 85.1 Å². The van der Waals surface area contributed by atoms with Crippen molar-refractivity contribution in [3.05, 3.63) is 0 Å². The molecule has 0 spiro atoms. The first kappa shape index (κ1) is 36.1. The summed E-state index contributed by atoms with van der Waals surface area (Å²) in [6.45, 7) is 7.21. The Morgan fingerprint density at radius 1 is 0.822 bits per heavy atom. The molecule has 0 aromatic heterocycles. The molecule has 0 radical (unpaired) electrons. The average Bonchev–Trinajstić information content (AvgIpc) is 3.46. The predicted octanol–water partition coefficient (Wildman–Crippen LogP) is 5.76. The molecule has 1 aliphatic heterocycles. The summed E-state index contributed by atoms with van der Waals surface area (Å²) in [5.74, 6) is -1.81. The Balaban J connectivity index is 1.31. The zero-order chi connectivity index (χ0) is 32.7. The Bertz CT molecular complexity index is 1110. The number of rotatable bonds is 13. The molecule has 3 aliphatic carbocycles. The summed E-state index contributed by atoms with van der Waals surface area (Å²) in [4.78, 5) is 38.9. The van der Waals surface area contributed by atoms with Crippen LogP contribution in [0.25, 0.3) is 0 Å². The van der Waals surface area contributed by atoms with Gasteiger partial charge in [0.1, 0.15) is 23.7 Å². The third kappa shape index (κ3) is 10.4. The van der Waals surface area contributed by atoms with Crippen LogP contribution in [0.4, 0.5) is 0 Å². The van der Waals surface area contributed by atoms with E-state index in [1.165, 1.54) is 19.3 Å². The first-order chi connectivity index (χ1) is 21.3. The van der Waals surface area contributed by atoms with E-state index >= 15 is 0 Å². The Morgan fingerprint density at radius 2 is 1.44 bits per heavy atom. The van der Waals surface area contributed by atoms with Crippen LogP contribution in [0.15, 0.2) is 0 Å². The molecule has 5 atom stereocenters. The van der Waals surface area contributed by atoms with Gasteiger partial charge in [0, 0.05) is 0 Å². The van der Waals surface area contributed by atoms with Crippen molar-refractivity contribution in [2.75, 3.05) is 26.7 Å². The molecule has 0 amide bonds. The molecule has 1 saturated heterocycles. The summed E-state index contributed by atoms with van der Waals surface area (Å²) in [7, 11) is -2.61. The lowest BCUT2D eigenvalue weighted by Crippen LogP contribution is -2.52. The molecular weight excluding hydrogens is 598 g/mol. The van der Waals surface area contributed by atoms with Crippen molar-refractivity contribution >= 4 is 28.0 Å². The zero-order valence-electron chi connectivity index (χ0n) is 27.9. The Hall–Kier alpha value is -1.72. The quantitative estimate of drug-likeness (QED) is 0.114. The number of nitrogens with zero attached hydrogens (tertiary/aromatic N) is 1. The SMILES string of the molecule is CC(C[N+]1(C)CCCCC1)C(=O)OC1(C(C)CC2CCCC(OC(=O)C(CC(=O)OC3CCCCC3)S(=O)(=O)O)C2)CCCC1. The van der Waals surface area contributed by atoms with E-state index in [2.05, 4.69) is 14.0 Å². The smallest absolute Gasteiger partial charge is 0.327 e. The van der Waals surface area contributed by atoms with E-state index in [-0.39, 0.29) is 29.8 Å². The fourth-order valence-electron chi connectivity index (χ4n) is 8.56. The highest BCUT2D eigenvalue weighted by atomic mass is 32.2. The fraction of sp³-hybridized carbons (Fsp3) is 0.912. The van der Waals surface area contributed by atoms with Gasteiger partial charge in [-0.1, -0.05) is 19.8 Å². The molecule has 0 aromatic rings. The highest BCUT2D eigenvalue weighted by Crippen LogP contribution is 2.44. The minimum Gasteiger partial charge on any atom is -0.462 e. The number of hydrogen-bond donors (Lipinski definition) is 1. The maximum atomic E-state index is 13.4. The third-order valence-electron chi connectivity index (χ3n) is 11.2. The summed E-state index contributed by atoms with van der Waals surface area (Å²) in [6.07, 6.45) is 14.0. The largest absolute Gasteiger partial charge is 0.462 e. The summed E-state index contributed by atoms with van der Waals surface area (Å²) in [6, 6.07) is 0. The number of carbonyl (C=O) groups is 3. The normalized spacial score (nSPS) is 27.6. The highest BCUT2D eigenvalue weighted by Gasteiger charge is 2.45. The third-order valence-corrected chi connectivity index (χ3v) is 12.3. The van der Waals surface area contributed by atoms with E-state index < -0.39 is 45.4 Å². The van der Waals surface area contributed by atoms with Crippen LogP contribution in [0.5, 0.6) is 0 Å². The van der Waals surface area contributed by atoms with Crippen molar-refractivity contribution in [2.45, 2.75) is 152 Å². The van der Waals surface area contributed by atoms with Gasteiger partial charge in [-0.05, 0) is 115 Å². The van der Waals surface area contributed by atoms with Gasteiger partial charge in [0.05, 0.1) is 33.1 Å². The van der Waals surface area contributed by atoms with E-state index in [1.807, 2.05) is 6.92 Å². The van der Waals surface area contributed by atoms with Crippen molar-refractivity contribution in [1.82, 2.24) is 0 Å². The van der Waals surface area contributed by atoms with Gasteiger partial charge in [-0.15, -0.1) is 0 Å². The second-order valence-electron chi connectivity index (χ2n) is 15.1. The average molecular weight is 657 g/mol. The molecule has 45 heavy (non-hydrogen) atoms. The lowest BCUT2D eigenvalue weighted by molar-refractivity contribution is -0.916. The van der Waals surface area contributed by atoms with Crippen LogP contribution < -0.4 is 0 Å².